The molecule has 0 radical (unpaired) electrons. The fourth-order valence-electron chi connectivity index (χ4n) is 2.64. The van der Waals surface area contributed by atoms with E-state index in [0.717, 1.165) is 6.54 Å². The van der Waals surface area contributed by atoms with E-state index in [1.807, 2.05) is 11.3 Å². The van der Waals surface area contributed by atoms with Crippen LogP contribution in [0.4, 0.5) is 0 Å². The van der Waals surface area contributed by atoms with Crippen molar-refractivity contribution in [3.05, 3.63) is 34.7 Å². The summed E-state index contributed by atoms with van der Waals surface area (Å²) >= 11 is 1.93. The molecule has 1 aromatic carbocycles. The van der Waals surface area contributed by atoms with Gasteiger partial charge in [-0.25, -0.2) is 0 Å². The maximum absolute atomic E-state index is 3.74. The Balaban J connectivity index is 2.07. The summed E-state index contributed by atoms with van der Waals surface area (Å²) in [5.74, 6) is 0. The summed E-state index contributed by atoms with van der Waals surface area (Å²) in [4.78, 5) is 3.72. The molecule has 0 saturated heterocycles. The van der Waals surface area contributed by atoms with Gasteiger partial charge in [0, 0.05) is 21.7 Å². The van der Waals surface area contributed by atoms with Gasteiger partial charge >= 0.3 is 0 Å². The van der Waals surface area contributed by atoms with Crippen LogP contribution in [0.25, 0.3) is 10.1 Å². The van der Waals surface area contributed by atoms with Crippen LogP contribution >= 0.6 is 11.3 Å². The van der Waals surface area contributed by atoms with Crippen LogP contribution in [-0.4, -0.2) is 31.6 Å². The van der Waals surface area contributed by atoms with Crippen LogP contribution in [0.3, 0.4) is 0 Å². The first-order valence-electron chi connectivity index (χ1n) is 7.38. The summed E-state index contributed by atoms with van der Waals surface area (Å²) in [6, 6.07) is 9.66. The fourth-order valence-corrected chi connectivity index (χ4v) is 3.87. The molecule has 1 aromatic heterocycles. The van der Waals surface area contributed by atoms with E-state index in [0.29, 0.717) is 12.1 Å². The third-order valence-corrected chi connectivity index (χ3v) is 5.27. The van der Waals surface area contributed by atoms with Gasteiger partial charge in [-0.05, 0) is 64.8 Å². The number of hydrogen-bond donors (Lipinski definition) is 1. The highest BCUT2D eigenvalue weighted by Crippen LogP contribution is 2.34. The summed E-state index contributed by atoms with van der Waals surface area (Å²) in [6.45, 7) is 7.94. The maximum Gasteiger partial charge on any atom is 0.0391 e. The Morgan fingerprint density at radius 2 is 1.90 bits per heavy atom. The van der Waals surface area contributed by atoms with Gasteiger partial charge in [-0.1, -0.05) is 18.2 Å². The molecule has 0 aliphatic rings. The van der Waals surface area contributed by atoms with Crippen LogP contribution in [0.5, 0.6) is 0 Å². The van der Waals surface area contributed by atoms with Gasteiger partial charge in [0.1, 0.15) is 0 Å². The standard InChI is InChI=1S/C17H26N2S/c1-12(10-11-19(4)5)18-14(3)17-13(2)15-8-6-7-9-16(15)20-17/h6-9,12,14,18H,10-11H2,1-5H3. The molecule has 0 fully saturated rings. The van der Waals surface area contributed by atoms with Crippen molar-refractivity contribution in [3.63, 3.8) is 0 Å². The van der Waals surface area contributed by atoms with E-state index in [9.17, 15) is 0 Å². The Morgan fingerprint density at radius 1 is 1.20 bits per heavy atom. The molecule has 2 aromatic rings. The molecular formula is C17H26N2S. The zero-order chi connectivity index (χ0) is 14.7. The van der Waals surface area contributed by atoms with Crippen LogP contribution in [0, 0.1) is 6.92 Å². The van der Waals surface area contributed by atoms with Gasteiger partial charge in [0.05, 0.1) is 0 Å². The van der Waals surface area contributed by atoms with Crippen LogP contribution in [0.15, 0.2) is 24.3 Å². The molecule has 0 spiro atoms. The van der Waals surface area contributed by atoms with E-state index < -0.39 is 0 Å². The number of nitrogens with one attached hydrogen (secondary N) is 1. The number of thiophene rings is 1. The number of rotatable bonds is 6. The predicted molar refractivity (Wildman–Crippen MR) is 90.7 cm³/mol. The average molecular weight is 290 g/mol. The number of hydrogen-bond acceptors (Lipinski definition) is 3. The summed E-state index contributed by atoms with van der Waals surface area (Å²) in [5, 5.41) is 5.14. The third-order valence-electron chi connectivity index (χ3n) is 3.82. The predicted octanol–water partition coefficient (Wildman–Crippen LogP) is 4.20. The minimum atomic E-state index is 0.421. The molecule has 0 aliphatic heterocycles. The zero-order valence-corrected chi connectivity index (χ0v) is 14.1. The Morgan fingerprint density at radius 3 is 2.55 bits per heavy atom. The molecule has 1 N–H and O–H groups in total. The van der Waals surface area contributed by atoms with Crippen molar-refractivity contribution in [2.24, 2.45) is 0 Å². The summed E-state index contributed by atoms with van der Waals surface area (Å²) in [5.41, 5.74) is 1.44. The Labute approximate surface area is 126 Å². The first-order valence-corrected chi connectivity index (χ1v) is 8.19. The van der Waals surface area contributed by atoms with E-state index in [-0.39, 0.29) is 0 Å². The molecule has 110 valence electrons. The lowest BCUT2D eigenvalue weighted by atomic mass is 10.1. The molecule has 1 heterocycles. The van der Waals surface area contributed by atoms with E-state index in [4.69, 9.17) is 0 Å². The number of fused-ring (bicyclic) bond motifs is 1. The smallest absolute Gasteiger partial charge is 0.0391 e. The van der Waals surface area contributed by atoms with Crippen molar-refractivity contribution in [2.75, 3.05) is 20.6 Å². The van der Waals surface area contributed by atoms with E-state index in [1.165, 1.54) is 26.9 Å². The Kier molecular flexibility index (Phi) is 5.19. The van der Waals surface area contributed by atoms with Crippen LogP contribution in [0.1, 0.15) is 36.8 Å². The van der Waals surface area contributed by atoms with Crippen molar-refractivity contribution in [3.8, 4) is 0 Å². The highest BCUT2D eigenvalue weighted by molar-refractivity contribution is 7.19. The third kappa shape index (κ3) is 3.60. The van der Waals surface area contributed by atoms with E-state index >= 15 is 0 Å². The van der Waals surface area contributed by atoms with Gasteiger partial charge in [0.2, 0.25) is 0 Å². The molecule has 0 aliphatic carbocycles. The van der Waals surface area contributed by atoms with E-state index in [2.05, 4.69) is 69.3 Å². The van der Waals surface area contributed by atoms with Crippen LogP contribution < -0.4 is 5.32 Å². The summed E-state index contributed by atoms with van der Waals surface area (Å²) < 4.78 is 1.40. The van der Waals surface area contributed by atoms with E-state index in [1.54, 1.807) is 0 Å². The topological polar surface area (TPSA) is 15.3 Å². The monoisotopic (exact) mass is 290 g/mol. The SMILES string of the molecule is Cc1c(C(C)NC(C)CCN(C)C)sc2ccccc12. The fraction of sp³-hybridized carbons (Fsp3) is 0.529. The summed E-state index contributed by atoms with van der Waals surface area (Å²) in [6.07, 6.45) is 1.18. The first kappa shape index (κ1) is 15.5. The average Bonchev–Trinajstić information content (AvgIpc) is 2.74. The lowest BCUT2D eigenvalue weighted by Gasteiger charge is -2.21. The second-order valence-electron chi connectivity index (χ2n) is 5.97. The van der Waals surface area contributed by atoms with Crippen molar-refractivity contribution >= 4 is 21.4 Å². The largest absolute Gasteiger partial charge is 0.309 e. The minimum Gasteiger partial charge on any atom is -0.309 e. The number of aryl methyl sites for hydroxylation is 1. The first-order chi connectivity index (χ1) is 9.49. The van der Waals surface area contributed by atoms with Gasteiger partial charge in [0.25, 0.3) is 0 Å². The Hall–Kier alpha value is -0.900. The van der Waals surface area contributed by atoms with Gasteiger partial charge in [-0.15, -0.1) is 11.3 Å². The normalized spacial score (nSPS) is 14.9. The van der Waals surface area contributed by atoms with Gasteiger partial charge in [0.15, 0.2) is 0 Å². The van der Waals surface area contributed by atoms with Crippen molar-refractivity contribution in [2.45, 2.75) is 39.3 Å². The van der Waals surface area contributed by atoms with Gasteiger partial charge in [-0.2, -0.15) is 0 Å². The molecule has 2 nitrogen and oxygen atoms in total. The van der Waals surface area contributed by atoms with Crippen LogP contribution in [-0.2, 0) is 0 Å². The molecule has 3 heteroatoms. The molecule has 2 unspecified atom stereocenters. The second kappa shape index (κ2) is 6.70. The van der Waals surface area contributed by atoms with Crippen molar-refractivity contribution < 1.29 is 0 Å². The lowest BCUT2D eigenvalue weighted by molar-refractivity contribution is 0.355. The number of nitrogens with zero attached hydrogens (tertiary/aromatic N) is 1. The van der Waals surface area contributed by atoms with Crippen molar-refractivity contribution in [1.82, 2.24) is 10.2 Å². The zero-order valence-electron chi connectivity index (χ0n) is 13.2. The van der Waals surface area contributed by atoms with Crippen LogP contribution in [0.2, 0.25) is 0 Å². The highest BCUT2D eigenvalue weighted by atomic mass is 32.1. The lowest BCUT2D eigenvalue weighted by Crippen LogP contribution is -2.31. The molecular weight excluding hydrogens is 264 g/mol. The summed E-state index contributed by atoms with van der Waals surface area (Å²) in [7, 11) is 4.26. The van der Waals surface area contributed by atoms with Gasteiger partial charge < -0.3 is 10.2 Å². The molecule has 20 heavy (non-hydrogen) atoms. The minimum absolute atomic E-state index is 0.421. The molecule has 0 bridgehead atoms. The highest BCUT2D eigenvalue weighted by Gasteiger charge is 2.16. The molecule has 2 atom stereocenters. The van der Waals surface area contributed by atoms with Crippen molar-refractivity contribution in [1.29, 1.82) is 0 Å². The molecule has 2 rings (SSSR count). The maximum atomic E-state index is 3.74. The molecule has 0 amide bonds. The Bertz CT molecular complexity index is 559. The second-order valence-corrected chi connectivity index (χ2v) is 7.05. The quantitative estimate of drug-likeness (QED) is 0.857. The molecule has 0 saturated carbocycles. The number of benzene rings is 1. The van der Waals surface area contributed by atoms with Gasteiger partial charge in [-0.3, -0.25) is 0 Å².